The minimum atomic E-state index is 0. The van der Waals surface area contributed by atoms with Gasteiger partial charge in [-0.2, -0.15) is 0 Å². The zero-order valence-corrected chi connectivity index (χ0v) is 7.04. The summed E-state index contributed by atoms with van der Waals surface area (Å²) >= 11 is 0. The molecule has 0 saturated carbocycles. The van der Waals surface area contributed by atoms with Gasteiger partial charge in [0.2, 0.25) is 0 Å². The second kappa shape index (κ2) is 89.1. The molecule has 6 heavy (non-hydrogen) atoms. The fraction of sp³-hybridized carbons (Fsp3) is 1.00. The van der Waals surface area contributed by atoms with Crippen LogP contribution in [0.2, 0.25) is 0 Å². The van der Waals surface area contributed by atoms with E-state index in [-0.39, 0.29) is 56.9 Å². The van der Waals surface area contributed by atoms with E-state index in [2.05, 4.69) is 5.90 Å². The number of aliphatic hydroxyl groups is 1. The first-order valence-electron chi connectivity index (χ1n) is 0.705. The average Bonchev–Trinajstić information content (AvgIpc) is 1.50. The zero-order chi connectivity index (χ0) is 4.00. The molecule has 0 aliphatic heterocycles. The molecule has 0 amide bonds. The Hall–Kier alpha value is 1.48. The molecule has 0 bridgehead atoms. The molecule has 5 N–H and O–H groups in total. The maximum Gasteiger partial charge on any atom is 1.00 e. The fourth-order valence-corrected chi connectivity index (χ4v) is 0. The Bertz CT molecular complexity index is 10.8. The predicted octanol–water partition coefficient (Wildman–Crippen LogP) is -4.23. The first-order valence-corrected chi connectivity index (χ1v) is 0.705. The van der Waals surface area contributed by atoms with Crippen LogP contribution in [0.1, 0.15) is 0 Å². The van der Waals surface area contributed by atoms with Crippen LogP contribution in [0.15, 0.2) is 0 Å². The summed E-state index contributed by atoms with van der Waals surface area (Å²) in [4.78, 5) is 0. The van der Waals surface area contributed by atoms with Gasteiger partial charge in [-0.25, -0.2) is 5.90 Å². The van der Waals surface area contributed by atoms with E-state index in [1.807, 2.05) is 0 Å². The van der Waals surface area contributed by atoms with Crippen LogP contribution in [-0.2, 0) is 0 Å². The first kappa shape index (κ1) is 25.9. The number of hydrogen-bond donors (Lipinski definition) is 3. The van der Waals surface area contributed by atoms with Gasteiger partial charge < -0.3 is 15.8 Å². The smallest absolute Gasteiger partial charge is 0.870 e. The van der Waals surface area contributed by atoms with Crippen molar-refractivity contribution in [2.45, 2.75) is 0 Å². The Labute approximate surface area is 79.0 Å². The zero-order valence-electron chi connectivity index (χ0n) is 3.92. The molecule has 0 unspecified atom stereocenters. The quantitative estimate of drug-likeness (QED) is 0.223. The van der Waals surface area contributed by atoms with Gasteiger partial charge in [-0.3, -0.25) is 0 Å². The van der Waals surface area contributed by atoms with Gasteiger partial charge in [-0.1, -0.05) is 0 Å². The van der Waals surface area contributed by atoms with Crippen molar-refractivity contribution < 1.29 is 67.2 Å². The minimum absolute atomic E-state index is 0. The third-order valence-corrected chi connectivity index (χ3v) is 0. The van der Waals surface area contributed by atoms with Gasteiger partial charge >= 0.3 is 51.4 Å². The maximum absolute atomic E-state index is 7.00. The van der Waals surface area contributed by atoms with Crippen LogP contribution in [0.4, 0.5) is 0 Å². The molecule has 0 aromatic heterocycles. The second-order valence-corrected chi connectivity index (χ2v) is 0. The van der Waals surface area contributed by atoms with Crippen LogP contribution in [0, 0.1) is 0 Å². The summed E-state index contributed by atoms with van der Waals surface area (Å²) in [6.07, 6.45) is 0. The maximum atomic E-state index is 7.00. The first-order chi connectivity index (χ1) is 2.00. The Morgan fingerprint density at radius 3 is 1.17 bits per heavy atom. The van der Waals surface area contributed by atoms with Crippen LogP contribution in [0.25, 0.3) is 0 Å². The van der Waals surface area contributed by atoms with Crippen molar-refractivity contribution in [3.63, 3.8) is 0 Å². The molecule has 5 heteroatoms. The molecule has 36 valence electrons. The van der Waals surface area contributed by atoms with Crippen molar-refractivity contribution in [3.05, 3.63) is 0 Å². The van der Waals surface area contributed by atoms with E-state index in [9.17, 15) is 0 Å². The summed E-state index contributed by atoms with van der Waals surface area (Å²) in [6.45, 7) is 0. The van der Waals surface area contributed by atoms with E-state index in [4.69, 9.17) is 10.3 Å². The summed E-state index contributed by atoms with van der Waals surface area (Å²) in [5.74, 6) is 3.50. The Morgan fingerprint density at radius 2 is 1.17 bits per heavy atom. The van der Waals surface area contributed by atoms with Gasteiger partial charge in [0, 0.05) is 7.11 Å². The molecule has 0 radical (unpaired) electrons. The van der Waals surface area contributed by atoms with E-state index in [0.717, 1.165) is 7.11 Å². The average molecular weight is 121 g/mol. The molecule has 0 rings (SSSR count). The van der Waals surface area contributed by atoms with E-state index in [1.54, 1.807) is 0 Å². The van der Waals surface area contributed by atoms with Crippen molar-refractivity contribution >= 4 is 0 Å². The van der Waals surface area contributed by atoms with Crippen LogP contribution in [0.3, 0.4) is 0 Å². The summed E-state index contributed by atoms with van der Waals surface area (Å²) in [5.41, 5.74) is 0. The molecule has 0 aromatic carbocycles. The van der Waals surface area contributed by atoms with E-state index < -0.39 is 0 Å². The third kappa shape index (κ3) is 50.3. The molecule has 0 atom stereocenters. The van der Waals surface area contributed by atoms with Crippen molar-refractivity contribution in [1.29, 1.82) is 0 Å². The molecule has 0 aliphatic rings. The van der Waals surface area contributed by atoms with Gasteiger partial charge in [0.05, 0.1) is 0 Å². The SMILES string of the molecule is CO.NO.[K+].[OH-]. The van der Waals surface area contributed by atoms with Crippen molar-refractivity contribution in [3.8, 4) is 0 Å². The van der Waals surface area contributed by atoms with Crippen LogP contribution >= 0.6 is 0 Å². The summed E-state index contributed by atoms with van der Waals surface area (Å²) in [7, 11) is 1.00. The van der Waals surface area contributed by atoms with Gasteiger partial charge in [-0.15, -0.1) is 0 Å². The van der Waals surface area contributed by atoms with Gasteiger partial charge in [0.1, 0.15) is 0 Å². The fourth-order valence-electron chi connectivity index (χ4n) is 0. The van der Waals surface area contributed by atoms with Crippen LogP contribution < -0.4 is 57.3 Å². The third-order valence-electron chi connectivity index (χ3n) is 0. The molecule has 0 heterocycles. The van der Waals surface area contributed by atoms with Crippen LogP contribution in [-0.4, -0.2) is 22.9 Å². The largest absolute Gasteiger partial charge is 1.00 e. The molecule has 0 spiro atoms. The topological polar surface area (TPSA) is 96.5 Å². The Kier molecular flexibility index (Phi) is 385. The van der Waals surface area contributed by atoms with Gasteiger partial charge in [-0.05, 0) is 0 Å². The number of rotatable bonds is 0. The molecule has 0 aliphatic carbocycles. The standard InChI is InChI=1S/CH4O.K.H3NO.H2O/c1-2;;1-2;/h2H,1H3;;2H,1H2;1H2/q;+1;;/p-1. The van der Waals surface area contributed by atoms with Crippen molar-refractivity contribution in [2.24, 2.45) is 5.90 Å². The van der Waals surface area contributed by atoms with Crippen LogP contribution in [0.5, 0.6) is 0 Å². The van der Waals surface area contributed by atoms with E-state index in [0.29, 0.717) is 0 Å². The minimum Gasteiger partial charge on any atom is -0.870 e. The molecule has 0 fully saturated rings. The van der Waals surface area contributed by atoms with E-state index in [1.165, 1.54) is 0 Å². The van der Waals surface area contributed by atoms with E-state index >= 15 is 0 Å². The van der Waals surface area contributed by atoms with Gasteiger partial charge in [0.25, 0.3) is 0 Å². The van der Waals surface area contributed by atoms with Crippen molar-refractivity contribution in [2.75, 3.05) is 7.11 Å². The Morgan fingerprint density at radius 1 is 1.17 bits per heavy atom. The summed E-state index contributed by atoms with van der Waals surface area (Å²) in [6, 6.07) is 0. The molecular formula is CH8KNO3. The normalized spacial score (nSPS) is 2.00. The molecule has 0 aromatic rings. The predicted molar refractivity (Wildman–Crippen MR) is 16.1 cm³/mol. The summed E-state index contributed by atoms with van der Waals surface area (Å²) in [5, 5.41) is 13.5. The number of nitrogens with two attached hydrogens (primary N) is 1. The van der Waals surface area contributed by atoms with Gasteiger partial charge in [0.15, 0.2) is 0 Å². The summed E-state index contributed by atoms with van der Waals surface area (Å²) < 4.78 is 0. The monoisotopic (exact) mass is 121 g/mol. The van der Waals surface area contributed by atoms with Crippen molar-refractivity contribution in [1.82, 2.24) is 0 Å². The number of aliphatic hydroxyl groups excluding tert-OH is 1. The second-order valence-electron chi connectivity index (χ2n) is 0. The molecule has 0 saturated heterocycles. The number of hydrogen-bond acceptors (Lipinski definition) is 4. The molecule has 4 nitrogen and oxygen atoms in total. The Balaban J connectivity index is -0.00000000500. The molecular weight excluding hydrogens is 113 g/mol.